The summed E-state index contributed by atoms with van der Waals surface area (Å²) in [5, 5.41) is 13.7. The summed E-state index contributed by atoms with van der Waals surface area (Å²) in [6.45, 7) is 0.202. The third-order valence-electron chi connectivity index (χ3n) is 2.11. The standard InChI is InChI=1S/C11H12N4O2S/c16-4-3-14-10(17)5-8-7-18-11(15-8)9-6-12-1-2-13-9/h1-2,6-7,16H,3-5H2,(H,14,17). The summed E-state index contributed by atoms with van der Waals surface area (Å²) in [6, 6.07) is 0. The van der Waals surface area contributed by atoms with Gasteiger partial charge >= 0.3 is 0 Å². The molecule has 0 saturated carbocycles. The number of carbonyl (C=O) groups excluding carboxylic acids is 1. The van der Waals surface area contributed by atoms with Crippen molar-refractivity contribution in [2.75, 3.05) is 13.2 Å². The number of hydrogen-bond donors (Lipinski definition) is 2. The molecule has 2 heterocycles. The molecule has 0 aliphatic carbocycles. The molecule has 2 rings (SSSR count). The highest BCUT2D eigenvalue weighted by atomic mass is 32.1. The number of carbonyl (C=O) groups is 1. The van der Waals surface area contributed by atoms with Crippen molar-refractivity contribution >= 4 is 17.2 Å². The van der Waals surface area contributed by atoms with E-state index in [1.54, 1.807) is 18.6 Å². The van der Waals surface area contributed by atoms with Crippen molar-refractivity contribution in [3.8, 4) is 10.7 Å². The van der Waals surface area contributed by atoms with E-state index in [2.05, 4.69) is 20.3 Å². The van der Waals surface area contributed by atoms with Gasteiger partial charge in [-0.2, -0.15) is 0 Å². The number of amides is 1. The van der Waals surface area contributed by atoms with Crippen molar-refractivity contribution in [3.63, 3.8) is 0 Å². The molecule has 18 heavy (non-hydrogen) atoms. The lowest BCUT2D eigenvalue weighted by molar-refractivity contribution is -0.120. The van der Waals surface area contributed by atoms with Gasteiger partial charge in [-0.3, -0.25) is 14.8 Å². The molecular weight excluding hydrogens is 252 g/mol. The molecule has 0 bridgehead atoms. The molecule has 0 aliphatic heterocycles. The lowest BCUT2D eigenvalue weighted by Crippen LogP contribution is -2.27. The fourth-order valence-electron chi connectivity index (χ4n) is 1.34. The SMILES string of the molecule is O=C(Cc1csc(-c2cnccn2)n1)NCCO. The zero-order valence-corrected chi connectivity index (χ0v) is 10.4. The van der Waals surface area contributed by atoms with Crippen molar-refractivity contribution in [3.05, 3.63) is 29.7 Å². The number of aromatic nitrogens is 3. The number of aliphatic hydroxyl groups excluding tert-OH is 1. The summed E-state index contributed by atoms with van der Waals surface area (Å²) in [7, 11) is 0. The highest BCUT2D eigenvalue weighted by molar-refractivity contribution is 7.13. The van der Waals surface area contributed by atoms with Crippen molar-refractivity contribution in [2.24, 2.45) is 0 Å². The van der Waals surface area contributed by atoms with Crippen LogP contribution in [0.3, 0.4) is 0 Å². The van der Waals surface area contributed by atoms with Gasteiger partial charge in [0.05, 0.1) is 24.9 Å². The first-order valence-electron chi connectivity index (χ1n) is 5.38. The van der Waals surface area contributed by atoms with E-state index in [4.69, 9.17) is 5.11 Å². The molecule has 0 spiro atoms. The van der Waals surface area contributed by atoms with Crippen LogP contribution in [0, 0.1) is 0 Å². The minimum Gasteiger partial charge on any atom is -0.395 e. The maximum Gasteiger partial charge on any atom is 0.226 e. The van der Waals surface area contributed by atoms with Crippen LogP contribution in [-0.2, 0) is 11.2 Å². The Balaban J connectivity index is 2.00. The lowest BCUT2D eigenvalue weighted by atomic mass is 10.3. The first-order chi connectivity index (χ1) is 8.79. The van der Waals surface area contributed by atoms with Crippen LogP contribution in [0.1, 0.15) is 5.69 Å². The Bertz CT molecular complexity index is 515. The molecule has 0 atom stereocenters. The van der Waals surface area contributed by atoms with Gasteiger partial charge in [0.25, 0.3) is 0 Å². The van der Waals surface area contributed by atoms with Crippen molar-refractivity contribution in [1.82, 2.24) is 20.3 Å². The minimum atomic E-state index is -0.153. The van der Waals surface area contributed by atoms with Crippen LogP contribution in [-0.4, -0.2) is 39.1 Å². The summed E-state index contributed by atoms with van der Waals surface area (Å²) in [5.41, 5.74) is 1.39. The van der Waals surface area contributed by atoms with Gasteiger partial charge in [-0.25, -0.2) is 4.98 Å². The smallest absolute Gasteiger partial charge is 0.226 e. The number of aliphatic hydroxyl groups is 1. The van der Waals surface area contributed by atoms with Gasteiger partial charge in [-0.1, -0.05) is 0 Å². The first-order valence-corrected chi connectivity index (χ1v) is 6.26. The summed E-state index contributed by atoms with van der Waals surface area (Å²) in [5.74, 6) is -0.153. The van der Waals surface area contributed by atoms with E-state index >= 15 is 0 Å². The molecule has 7 heteroatoms. The fourth-order valence-corrected chi connectivity index (χ4v) is 2.12. The van der Waals surface area contributed by atoms with Crippen LogP contribution in [0.5, 0.6) is 0 Å². The van der Waals surface area contributed by atoms with E-state index in [9.17, 15) is 4.79 Å². The van der Waals surface area contributed by atoms with Gasteiger partial charge in [0.2, 0.25) is 5.91 Å². The molecule has 2 aromatic heterocycles. The van der Waals surface area contributed by atoms with Crippen molar-refractivity contribution < 1.29 is 9.90 Å². The molecule has 0 saturated heterocycles. The number of hydrogen-bond acceptors (Lipinski definition) is 6. The maximum atomic E-state index is 11.4. The predicted molar refractivity (Wildman–Crippen MR) is 66.9 cm³/mol. The molecule has 94 valence electrons. The molecule has 0 aromatic carbocycles. The van der Waals surface area contributed by atoms with E-state index in [0.29, 0.717) is 11.4 Å². The average Bonchev–Trinajstić information content (AvgIpc) is 2.86. The Hall–Kier alpha value is -1.86. The molecule has 1 amide bonds. The van der Waals surface area contributed by atoms with E-state index in [-0.39, 0.29) is 25.5 Å². The Morgan fingerprint density at radius 2 is 2.33 bits per heavy atom. The molecule has 2 aromatic rings. The van der Waals surface area contributed by atoms with E-state index in [1.165, 1.54) is 11.3 Å². The highest BCUT2D eigenvalue weighted by Crippen LogP contribution is 2.20. The Kier molecular flexibility index (Phi) is 4.32. The second kappa shape index (κ2) is 6.18. The summed E-state index contributed by atoms with van der Waals surface area (Å²) < 4.78 is 0. The minimum absolute atomic E-state index is 0.0618. The lowest BCUT2D eigenvalue weighted by Gasteiger charge is -2.00. The zero-order valence-electron chi connectivity index (χ0n) is 9.54. The van der Waals surface area contributed by atoms with Crippen LogP contribution < -0.4 is 5.32 Å². The first kappa shape index (κ1) is 12.6. The molecule has 0 aliphatic rings. The normalized spacial score (nSPS) is 10.3. The Morgan fingerprint density at radius 1 is 1.44 bits per heavy atom. The molecule has 0 radical (unpaired) electrons. The van der Waals surface area contributed by atoms with E-state index < -0.39 is 0 Å². The highest BCUT2D eigenvalue weighted by Gasteiger charge is 2.09. The third kappa shape index (κ3) is 3.31. The molecule has 6 nitrogen and oxygen atoms in total. The molecule has 2 N–H and O–H groups in total. The van der Waals surface area contributed by atoms with Crippen molar-refractivity contribution in [1.29, 1.82) is 0 Å². The van der Waals surface area contributed by atoms with Gasteiger partial charge in [-0.15, -0.1) is 11.3 Å². The van der Waals surface area contributed by atoms with Crippen LogP contribution in [0.2, 0.25) is 0 Å². The predicted octanol–water partition coefficient (Wildman–Crippen LogP) is 0.251. The van der Waals surface area contributed by atoms with E-state index in [0.717, 1.165) is 5.01 Å². The van der Waals surface area contributed by atoms with Gasteiger partial charge in [-0.05, 0) is 0 Å². The zero-order chi connectivity index (χ0) is 12.8. The Morgan fingerprint density at radius 3 is 3.06 bits per heavy atom. The molecular formula is C11H12N4O2S. The Labute approximate surface area is 108 Å². The average molecular weight is 264 g/mol. The monoisotopic (exact) mass is 264 g/mol. The number of nitrogens with zero attached hydrogens (tertiary/aromatic N) is 3. The fraction of sp³-hybridized carbons (Fsp3) is 0.273. The molecule has 0 fully saturated rings. The second-order valence-corrected chi connectivity index (χ2v) is 4.34. The number of rotatable bonds is 5. The van der Waals surface area contributed by atoms with Gasteiger partial charge < -0.3 is 10.4 Å². The largest absolute Gasteiger partial charge is 0.395 e. The topological polar surface area (TPSA) is 88.0 Å². The number of thiazole rings is 1. The van der Waals surface area contributed by atoms with Crippen LogP contribution in [0.4, 0.5) is 0 Å². The second-order valence-electron chi connectivity index (χ2n) is 3.48. The quantitative estimate of drug-likeness (QED) is 0.808. The van der Waals surface area contributed by atoms with Gasteiger partial charge in [0.15, 0.2) is 0 Å². The van der Waals surface area contributed by atoms with Gasteiger partial charge in [0, 0.05) is 24.3 Å². The van der Waals surface area contributed by atoms with E-state index in [1.807, 2.05) is 5.38 Å². The molecule has 0 unspecified atom stereocenters. The van der Waals surface area contributed by atoms with Crippen LogP contribution in [0.15, 0.2) is 24.0 Å². The maximum absolute atomic E-state index is 11.4. The summed E-state index contributed by atoms with van der Waals surface area (Å²) in [6.07, 6.45) is 5.04. The van der Waals surface area contributed by atoms with Crippen LogP contribution >= 0.6 is 11.3 Å². The summed E-state index contributed by atoms with van der Waals surface area (Å²) in [4.78, 5) is 23.9. The van der Waals surface area contributed by atoms with Gasteiger partial charge in [0.1, 0.15) is 10.7 Å². The third-order valence-corrected chi connectivity index (χ3v) is 3.02. The summed E-state index contributed by atoms with van der Waals surface area (Å²) >= 11 is 1.43. The number of nitrogens with one attached hydrogen (secondary N) is 1. The van der Waals surface area contributed by atoms with Crippen LogP contribution in [0.25, 0.3) is 10.7 Å². The van der Waals surface area contributed by atoms with Crippen molar-refractivity contribution in [2.45, 2.75) is 6.42 Å².